The highest BCUT2D eigenvalue weighted by Crippen LogP contribution is 2.32. The summed E-state index contributed by atoms with van der Waals surface area (Å²) in [6.45, 7) is 4.40. The van der Waals surface area contributed by atoms with Crippen LogP contribution in [0.5, 0.6) is 5.75 Å². The van der Waals surface area contributed by atoms with Gasteiger partial charge in [-0.3, -0.25) is 4.90 Å². The van der Waals surface area contributed by atoms with Gasteiger partial charge in [0, 0.05) is 0 Å². The highest BCUT2D eigenvalue weighted by atomic mass is 16.5. The van der Waals surface area contributed by atoms with Crippen LogP contribution < -0.4 is 15.0 Å². The van der Waals surface area contributed by atoms with Gasteiger partial charge >= 0.3 is 12.0 Å². The minimum Gasteiger partial charge on any atom is -0.490 e. The van der Waals surface area contributed by atoms with Gasteiger partial charge in [-0.05, 0) is 31.5 Å². The number of amides is 2. The Kier molecular flexibility index (Phi) is 4.12. The van der Waals surface area contributed by atoms with Crippen LogP contribution in [-0.2, 0) is 9.53 Å². The summed E-state index contributed by atoms with van der Waals surface area (Å²) in [4.78, 5) is 25.2. The summed E-state index contributed by atoms with van der Waals surface area (Å²) in [7, 11) is 1.29. The zero-order valence-electron chi connectivity index (χ0n) is 11.8. The Bertz CT molecular complexity index is 530. The van der Waals surface area contributed by atoms with E-state index in [0.717, 1.165) is 5.56 Å². The quantitative estimate of drug-likeness (QED) is 0.832. The second-order valence-corrected chi connectivity index (χ2v) is 4.67. The van der Waals surface area contributed by atoms with Crippen molar-refractivity contribution in [3.8, 4) is 5.75 Å². The van der Waals surface area contributed by atoms with Crippen LogP contribution in [0.25, 0.3) is 0 Å². The number of benzene rings is 1. The van der Waals surface area contributed by atoms with E-state index < -0.39 is 12.0 Å². The molecule has 0 aliphatic carbocycles. The number of anilines is 1. The predicted octanol–water partition coefficient (Wildman–Crippen LogP) is 1.46. The van der Waals surface area contributed by atoms with E-state index >= 15 is 0 Å². The van der Waals surface area contributed by atoms with Gasteiger partial charge in [-0.15, -0.1) is 0 Å². The lowest BCUT2D eigenvalue weighted by atomic mass is 10.1. The van der Waals surface area contributed by atoms with E-state index in [1.54, 1.807) is 11.8 Å². The number of rotatable bonds is 2. The number of methoxy groups -OCH3 is 1. The normalized spacial score (nSPS) is 14.8. The van der Waals surface area contributed by atoms with Gasteiger partial charge in [0.1, 0.15) is 18.4 Å². The highest BCUT2D eigenvalue weighted by Gasteiger charge is 2.26. The Balaban J connectivity index is 2.16. The van der Waals surface area contributed by atoms with Crippen molar-refractivity contribution in [3.63, 3.8) is 0 Å². The standard InChI is InChI=1S/C14H18N2O4/c1-9-4-5-12-11(8-9)16(6-7-20-12)14(18)15-10(2)13(17)19-3/h4-5,8,10H,6-7H2,1-3H3,(H,15,18)/t10-/m0/s1. The number of esters is 1. The molecule has 1 aromatic rings. The molecule has 1 aliphatic rings. The summed E-state index contributed by atoms with van der Waals surface area (Å²) in [5, 5.41) is 2.62. The molecule has 0 unspecified atom stereocenters. The smallest absolute Gasteiger partial charge is 0.328 e. The molecular weight excluding hydrogens is 260 g/mol. The number of hydrogen-bond donors (Lipinski definition) is 1. The molecule has 108 valence electrons. The molecule has 1 N–H and O–H groups in total. The Hall–Kier alpha value is -2.24. The van der Waals surface area contributed by atoms with Gasteiger partial charge in [-0.2, -0.15) is 0 Å². The molecule has 0 radical (unpaired) electrons. The molecule has 0 aromatic heterocycles. The number of aryl methyl sites for hydroxylation is 1. The third-order valence-electron chi connectivity index (χ3n) is 3.12. The van der Waals surface area contributed by atoms with Gasteiger partial charge in [0.25, 0.3) is 0 Å². The van der Waals surface area contributed by atoms with Crippen LogP contribution in [0.1, 0.15) is 12.5 Å². The van der Waals surface area contributed by atoms with Crippen molar-refractivity contribution in [1.29, 1.82) is 0 Å². The number of fused-ring (bicyclic) bond motifs is 1. The number of nitrogens with zero attached hydrogens (tertiary/aromatic N) is 1. The number of carbonyl (C=O) groups excluding carboxylic acids is 2. The van der Waals surface area contributed by atoms with Gasteiger partial charge in [0.05, 0.1) is 19.3 Å². The highest BCUT2D eigenvalue weighted by molar-refractivity contribution is 5.96. The molecule has 0 bridgehead atoms. The maximum atomic E-state index is 12.3. The van der Waals surface area contributed by atoms with Crippen molar-refractivity contribution < 1.29 is 19.1 Å². The van der Waals surface area contributed by atoms with Gasteiger partial charge in [0.2, 0.25) is 0 Å². The van der Waals surface area contributed by atoms with E-state index in [-0.39, 0.29) is 6.03 Å². The average molecular weight is 278 g/mol. The van der Waals surface area contributed by atoms with Gasteiger partial charge in [0.15, 0.2) is 0 Å². The Morgan fingerprint density at radius 2 is 2.20 bits per heavy atom. The van der Waals surface area contributed by atoms with Crippen molar-refractivity contribution >= 4 is 17.7 Å². The van der Waals surface area contributed by atoms with Crippen molar-refractivity contribution in [3.05, 3.63) is 23.8 Å². The average Bonchev–Trinajstić information content (AvgIpc) is 2.45. The van der Waals surface area contributed by atoms with E-state index in [4.69, 9.17) is 4.74 Å². The Labute approximate surface area is 117 Å². The molecule has 0 spiro atoms. The number of ether oxygens (including phenoxy) is 2. The first-order chi connectivity index (χ1) is 9.52. The van der Waals surface area contributed by atoms with E-state index in [0.29, 0.717) is 24.6 Å². The number of carbonyl (C=O) groups is 2. The molecular formula is C14H18N2O4. The first-order valence-electron chi connectivity index (χ1n) is 6.42. The lowest BCUT2D eigenvalue weighted by Gasteiger charge is -2.30. The molecule has 20 heavy (non-hydrogen) atoms. The number of urea groups is 1. The van der Waals surface area contributed by atoms with Crippen LogP contribution in [0, 0.1) is 6.92 Å². The monoisotopic (exact) mass is 278 g/mol. The second-order valence-electron chi connectivity index (χ2n) is 4.67. The molecule has 1 atom stereocenters. The molecule has 1 aromatic carbocycles. The van der Waals surface area contributed by atoms with Crippen molar-refractivity contribution in [2.24, 2.45) is 0 Å². The molecule has 0 saturated heterocycles. The van der Waals surface area contributed by atoms with Crippen molar-refractivity contribution in [1.82, 2.24) is 5.32 Å². The molecule has 1 heterocycles. The maximum absolute atomic E-state index is 12.3. The largest absolute Gasteiger partial charge is 0.490 e. The minimum atomic E-state index is -0.691. The summed E-state index contributed by atoms with van der Waals surface area (Å²) < 4.78 is 10.1. The zero-order chi connectivity index (χ0) is 14.7. The van der Waals surface area contributed by atoms with Crippen molar-refractivity contribution in [2.45, 2.75) is 19.9 Å². The van der Waals surface area contributed by atoms with Crippen LogP contribution in [0.4, 0.5) is 10.5 Å². The summed E-state index contributed by atoms with van der Waals surface area (Å²) in [6, 6.07) is 4.63. The molecule has 0 fully saturated rings. The lowest BCUT2D eigenvalue weighted by molar-refractivity contribution is -0.142. The molecule has 1 aliphatic heterocycles. The number of nitrogens with one attached hydrogen (secondary N) is 1. The third-order valence-corrected chi connectivity index (χ3v) is 3.12. The van der Waals surface area contributed by atoms with Gasteiger partial charge < -0.3 is 14.8 Å². The van der Waals surface area contributed by atoms with Crippen LogP contribution in [0.3, 0.4) is 0 Å². The SMILES string of the molecule is COC(=O)[C@H](C)NC(=O)N1CCOc2ccc(C)cc21. The van der Waals surface area contributed by atoms with E-state index in [2.05, 4.69) is 10.1 Å². The third kappa shape index (κ3) is 2.84. The Morgan fingerprint density at radius 3 is 2.90 bits per heavy atom. The van der Waals surface area contributed by atoms with Crippen LogP contribution in [0.15, 0.2) is 18.2 Å². The fraction of sp³-hybridized carbons (Fsp3) is 0.429. The fourth-order valence-electron chi connectivity index (χ4n) is 2.04. The first kappa shape index (κ1) is 14.2. The number of hydrogen-bond acceptors (Lipinski definition) is 4. The minimum absolute atomic E-state index is 0.335. The first-order valence-corrected chi connectivity index (χ1v) is 6.42. The fourth-order valence-corrected chi connectivity index (χ4v) is 2.04. The molecule has 2 amide bonds. The predicted molar refractivity (Wildman–Crippen MR) is 74.0 cm³/mol. The zero-order valence-corrected chi connectivity index (χ0v) is 11.8. The Morgan fingerprint density at radius 1 is 1.45 bits per heavy atom. The lowest BCUT2D eigenvalue weighted by Crippen LogP contribution is -2.49. The summed E-state index contributed by atoms with van der Waals surface area (Å²) in [6.07, 6.45) is 0. The van der Waals surface area contributed by atoms with Crippen LogP contribution in [0.2, 0.25) is 0 Å². The van der Waals surface area contributed by atoms with Gasteiger partial charge in [-0.25, -0.2) is 9.59 Å². The molecule has 2 rings (SSSR count). The molecule has 6 nitrogen and oxygen atoms in total. The van der Waals surface area contributed by atoms with E-state index in [9.17, 15) is 9.59 Å². The van der Waals surface area contributed by atoms with E-state index in [1.807, 2.05) is 25.1 Å². The maximum Gasteiger partial charge on any atom is 0.328 e. The summed E-state index contributed by atoms with van der Waals surface area (Å²) in [5.74, 6) is 0.193. The topological polar surface area (TPSA) is 67.9 Å². The van der Waals surface area contributed by atoms with Gasteiger partial charge in [-0.1, -0.05) is 6.07 Å². The van der Waals surface area contributed by atoms with E-state index in [1.165, 1.54) is 7.11 Å². The van der Waals surface area contributed by atoms with Crippen LogP contribution in [-0.4, -0.2) is 38.3 Å². The second kappa shape index (κ2) is 5.81. The van der Waals surface area contributed by atoms with Crippen LogP contribution >= 0.6 is 0 Å². The molecule has 6 heteroatoms. The summed E-state index contributed by atoms with van der Waals surface area (Å²) >= 11 is 0. The molecule has 0 saturated carbocycles. The van der Waals surface area contributed by atoms with Crippen molar-refractivity contribution in [2.75, 3.05) is 25.2 Å². The summed E-state index contributed by atoms with van der Waals surface area (Å²) in [5.41, 5.74) is 1.75.